The van der Waals surface area contributed by atoms with Gasteiger partial charge in [0.1, 0.15) is 0 Å². The van der Waals surface area contributed by atoms with E-state index in [1.807, 2.05) is 25.1 Å². The van der Waals surface area contributed by atoms with Crippen molar-refractivity contribution in [3.63, 3.8) is 0 Å². The fourth-order valence-electron chi connectivity index (χ4n) is 1.89. The lowest BCUT2D eigenvalue weighted by Crippen LogP contribution is -2.16. The number of aryl methyl sites for hydroxylation is 1. The monoisotopic (exact) mass is 366 g/mol. The summed E-state index contributed by atoms with van der Waals surface area (Å²) in [6, 6.07) is 13.1. The highest BCUT2D eigenvalue weighted by Gasteiger charge is 2.03. The van der Waals surface area contributed by atoms with Crippen LogP contribution in [0.3, 0.4) is 0 Å². The summed E-state index contributed by atoms with van der Waals surface area (Å²) in [5.41, 5.74) is 2.93. The molecule has 0 fully saturated rings. The van der Waals surface area contributed by atoms with Crippen LogP contribution < -0.4 is 10.6 Å². The second-order valence-corrected chi connectivity index (χ2v) is 6.04. The lowest BCUT2D eigenvalue weighted by atomic mass is 10.2. The molecular formula is C16H16BrClN2O. The molecule has 0 aliphatic heterocycles. The van der Waals surface area contributed by atoms with Crippen molar-refractivity contribution < 1.29 is 4.79 Å². The fraction of sp³-hybridized carbons (Fsp3) is 0.188. The third kappa shape index (κ3) is 5.06. The number of halogens is 2. The Morgan fingerprint density at radius 1 is 1.19 bits per heavy atom. The summed E-state index contributed by atoms with van der Waals surface area (Å²) in [7, 11) is 0. The van der Waals surface area contributed by atoms with Crippen molar-refractivity contribution in [2.45, 2.75) is 13.3 Å². The molecule has 2 rings (SSSR count). The van der Waals surface area contributed by atoms with Gasteiger partial charge in [0.25, 0.3) is 0 Å². The molecule has 5 heteroatoms. The fourth-order valence-corrected chi connectivity index (χ4v) is 2.49. The molecule has 2 N–H and O–H groups in total. The summed E-state index contributed by atoms with van der Waals surface area (Å²) in [5, 5.41) is 6.75. The van der Waals surface area contributed by atoms with Gasteiger partial charge in [0.15, 0.2) is 0 Å². The maximum absolute atomic E-state index is 11.8. The van der Waals surface area contributed by atoms with Crippen molar-refractivity contribution in [1.82, 2.24) is 0 Å². The first-order chi connectivity index (χ1) is 10.0. The van der Waals surface area contributed by atoms with Gasteiger partial charge < -0.3 is 10.6 Å². The van der Waals surface area contributed by atoms with Crippen LogP contribution in [0.25, 0.3) is 0 Å². The molecule has 0 bridgehead atoms. The third-order valence-electron chi connectivity index (χ3n) is 2.98. The molecule has 2 aromatic carbocycles. The Balaban J connectivity index is 1.80. The SMILES string of the molecule is Cc1cc(Br)ccc1NCCC(=O)Nc1ccc(Cl)cc1. The highest BCUT2D eigenvalue weighted by molar-refractivity contribution is 9.10. The highest BCUT2D eigenvalue weighted by atomic mass is 79.9. The van der Waals surface area contributed by atoms with Crippen molar-refractivity contribution in [2.24, 2.45) is 0 Å². The number of amides is 1. The van der Waals surface area contributed by atoms with Crippen LogP contribution >= 0.6 is 27.5 Å². The van der Waals surface area contributed by atoms with Crippen molar-refractivity contribution in [1.29, 1.82) is 0 Å². The van der Waals surface area contributed by atoms with E-state index in [1.54, 1.807) is 24.3 Å². The van der Waals surface area contributed by atoms with E-state index in [0.29, 0.717) is 18.0 Å². The lowest BCUT2D eigenvalue weighted by Gasteiger charge is -2.10. The van der Waals surface area contributed by atoms with Crippen LogP contribution in [0.15, 0.2) is 46.9 Å². The molecule has 0 saturated carbocycles. The molecule has 0 aromatic heterocycles. The topological polar surface area (TPSA) is 41.1 Å². The van der Waals surface area contributed by atoms with Gasteiger partial charge in [0.05, 0.1) is 0 Å². The molecule has 0 radical (unpaired) electrons. The van der Waals surface area contributed by atoms with Gasteiger partial charge in [-0.3, -0.25) is 4.79 Å². The van der Waals surface area contributed by atoms with Crippen LogP contribution in [0.5, 0.6) is 0 Å². The van der Waals surface area contributed by atoms with Gasteiger partial charge in [-0.2, -0.15) is 0 Å². The smallest absolute Gasteiger partial charge is 0.226 e. The van der Waals surface area contributed by atoms with Crippen molar-refractivity contribution in [3.8, 4) is 0 Å². The molecule has 0 spiro atoms. The largest absolute Gasteiger partial charge is 0.384 e. The molecular weight excluding hydrogens is 352 g/mol. The predicted molar refractivity (Wildman–Crippen MR) is 92.1 cm³/mol. The minimum Gasteiger partial charge on any atom is -0.384 e. The van der Waals surface area contributed by atoms with Crippen molar-refractivity contribution >= 4 is 44.8 Å². The number of rotatable bonds is 5. The number of carbonyl (C=O) groups excluding carboxylic acids is 1. The van der Waals surface area contributed by atoms with E-state index >= 15 is 0 Å². The van der Waals surface area contributed by atoms with Gasteiger partial charge in [0.2, 0.25) is 5.91 Å². The minimum absolute atomic E-state index is 0.0282. The van der Waals surface area contributed by atoms with Gasteiger partial charge in [-0.1, -0.05) is 27.5 Å². The molecule has 0 aliphatic rings. The summed E-state index contributed by atoms with van der Waals surface area (Å²) in [6.07, 6.45) is 0.401. The van der Waals surface area contributed by atoms with Gasteiger partial charge in [0, 0.05) is 33.8 Å². The minimum atomic E-state index is -0.0282. The standard InChI is InChI=1S/C16H16BrClN2O/c1-11-10-12(17)2-7-15(11)19-9-8-16(21)20-14-5-3-13(18)4-6-14/h2-7,10,19H,8-9H2,1H3,(H,20,21). The van der Waals surface area contributed by atoms with E-state index in [-0.39, 0.29) is 5.91 Å². The summed E-state index contributed by atoms with van der Waals surface area (Å²) in [4.78, 5) is 11.8. The van der Waals surface area contributed by atoms with Crippen LogP contribution in [0.1, 0.15) is 12.0 Å². The summed E-state index contributed by atoms with van der Waals surface area (Å²) < 4.78 is 1.05. The van der Waals surface area contributed by atoms with Crippen LogP contribution in [0.4, 0.5) is 11.4 Å². The van der Waals surface area contributed by atoms with E-state index < -0.39 is 0 Å². The van der Waals surface area contributed by atoms with Crippen LogP contribution in [0.2, 0.25) is 5.02 Å². The first-order valence-corrected chi connectivity index (χ1v) is 7.77. The highest BCUT2D eigenvalue weighted by Crippen LogP contribution is 2.20. The Hall–Kier alpha value is -1.52. The summed E-state index contributed by atoms with van der Waals surface area (Å²) in [5.74, 6) is -0.0282. The average molecular weight is 368 g/mol. The number of carbonyl (C=O) groups is 1. The Bertz CT molecular complexity index is 629. The van der Waals surface area contributed by atoms with Crippen molar-refractivity contribution in [2.75, 3.05) is 17.2 Å². The Morgan fingerprint density at radius 3 is 2.57 bits per heavy atom. The molecule has 1 amide bonds. The van der Waals surface area contributed by atoms with E-state index in [1.165, 1.54) is 0 Å². The van der Waals surface area contributed by atoms with E-state index in [0.717, 1.165) is 21.4 Å². The first-order valence-electron chi connectivity index (χ1n) is 6.60. The maximum atomic E-state index is 11.8. The number of hydrogen-bond acceptors (Lipinski definition) is 2. The van der Waals surface area contributed by atoms with Crippen LogP contribution in [-0.2, 0) is 4.79 Å². The average Bonchev–Trinajstić information content (AvgIpc) is 2.44. The number of benzene rings is 2. The predicted octanol–water partition coefficient (Wildman–Crippen LogP) is 4.85. The molecule has 0 atom stereocenters. The summed E-state index contributed by atoms with van der Waals surface area (Å²) >= 11 is 9.23. The quantitative estimate of drug-likeness (QED) is 0.793. The van der Waals surface area contributed by atoms with Crippen molar-refractivity contribution in [3.05, 3.63) is 57.5 Å². The molecule has 3 nitrogen and oxygen atoms in total. The zero-order chi connectivity index (χ0) is 15.2. The zero-order valence-electron chi connectivity index (χ0n) is 11.6. The van der Waals surface area contributed by atoms with Gasteiger partial charge in [-0.25, -0.2) is 0 Å². The number of nitrogens with one attached hydrogen (secondary N) is 2. The normalized spacial score (nSPS) is 10.2. The van der Waals surface area contributed by atoms with Gasteiger partial charge in [-0.05, 0) is 55.0 Å². The molecule has 0 unspecified atom stereocenters. The first kappa shape index (κ1) is 15.9. The molecule has 2 aromatic rings. The van der Waals surface area contributed by atoms with Gasteiger partial charge >= 0.3 is 0 Å². The molecule has 0 saturated heterocycles. The third-order valence-corrected chi connectivity index (χ3v) is 3.73. The Kier molecular flexibility index (Phi) is 5.65. The Morgan fingerprint density at radius 2 is 1.90 bits per heavy atom. The number of anilines is 2. The number of hydrogen-bond donors (Lipinski definition) is 2. The molecule has 21 heavy (non-hydrogen) atoms. The van der Waals surface area contributed by atoms with E-state index in [2.05, 4.69) is 26.6 Å². The molecule has 0 heterocycles. The lowest BCUT2D eigenvalue weighted by molar-refractivity contribution is -0.115. The zero-order valence-corrected chi connectivity index (χ0v) is 14.0. The van der Waals surface area contributed by atoms with Crippen LogP contribution in [-0.4, -0.2) is 12.5 Å². The summed E-state index contributed by atoms with van der Waals surface area (Å²) in [6.45, 7) is 2.61. The van der Waals surface area contributed by atoms with Crippen LogP contribution in [0, 0.1) is 6.92 Å². The Labute approximate surface area is 137 Å². The van der Waals surface area contributed by atoms with E-state index in [9.17, 15) is 4.79 Å². The van der Waals surface area contributed by atoms with E-state index in [4.69, 9.17) is 11.6 Å². The van der Waals surface area contributed by atoms with Gasteiger partial charge in [-0.15, -0.1) is 0 Å². The maximum Gasteiger partial charge on any atom is 0.226 e. The molecule has 0 aliphatic carbocycles. The second-order valence-electron chi connectivity index (χ2n) is 4.69. The second kappa shape index (κ2) is 7.48. The molecule has 110 valence electrons.